The summed E-state index contributed by atoms with van der Waals surface area (Å²) in [5.41, 5.74) is -0.230. The van der Waals surface area contributed by atoms with Gasteiger partial charge < -0.3 is 25.2 Å². The second kappa shape index (κ2) is 7.13. The normalized spacial score (nSPS) is 9.81. The van der Waals surface area contributed by atoms with Crippen LogP contribution in [-0.4, -0.2) is 53.3 Å². The molecule has 0 aliphatic carbocycles. The SMILES string of the molecule is CCN(CC(=O)OC)C(=O)Nc1ccc(O)cc1C(=O)O. The number of carbonyl (C=O) groups is 3. The Morgan fingerprint density at radius 1 is 1.33 bits per heavy atom. The van der Waals surface area contributed by atoms with E-state index >= 15 is 0 Å². The van der Waals surface area contributed by atoms with Crippen LogP contribution in [0.1, 0.15) is 17.3 Å². The summed E-state index contributed by atoms with van der Waals surface area (Å²) in [6.07, 6.45) is 0. The van der Waals surface area contributed by atoms with E-state index in [0.29, 0.717) is 0 Å². The Labute approximate surface area is 120 Å². The Morgan fingerprint density at radius 3 is 2.52 bits per heavy atom. The molecule has 114 valence electrons. The first-order valence-electron chi connectivity index (χ1n) is 6.08. The Balaban J connectivity index is 2.91. The van der Waals surface area contributed by atoms with Gasteiger partial charge in [-0.05, 0) is 25.1 Å². The summed E-state index contributed by atoms with van der Waals surface area (Å²) in [5, 5.41) is 20.7. The number of anilines is 1. The number of nitrogens with one attached hydrogen (secondary N) is 1. The van der Waals surface area contributed by atoms with Crippen LogP contribution in [0.2, 0.25) is 0 Å². The Hall–Kier alpha value is -2.77. The van der Waals surface area contributed by atoms with Crippen molar-refractivity contribution in [3.8, 4) is 5.75 Å². The minimum Gasteiger partial charge on any atom is -0.508 e. The fourth-order valence-corrected chi connectivity index (χ4v) is 1.56. The minimum absolute atomic E-state index is 0.0219. The van der Waals surface area contributed by atoms with Gasteiger partial charge in [0.05, 0.1) is 18.4 Å². The van der Waals surface area contributed by atoms with Crippen LogP contribution in [0.25, 0.3) is 0 Å². The Bertz CT molecular complexity index is 558. The van der Waals surface area contributed by atoms with Crippen LogP contribution in [0.5, 0.6) is 5.75 Å². The molecule has 0 aliphatic heterocycles. The molecule has 0 saturated heterocycles. The molecule has 0 spiro atoms. The number of amides is 2. The molecule has 8 nitrogen and oxygen atoms in total. The highest BCUT2D eigenvalue weighted by molar-refractivity contribution is 6.00. The smallest absolute Gasteiger partial charge is 0.337 e. The summed E-state index contributed by atoms with van der Waals surface area (Å²) in [6, 6.07) is 2.90. The average Bonchev–Trinajstić information content (AvgIpc) is 2.45. The molecule has 0 saturated carbocycles. The molecule has 1 rings (SSSR count). The number of ether oxygens (including phenoxy) is 1. The summed E-state index contributed by atoms with van der Waals surface area (Å²) in [5.74, 6) is -2.11. The molecule has 0 bridgehead atoms. The number of likely N-dealkylation sites (N-methyl/N-ethyl adjacent to an activating group) is 1. The predicted molar refractivity (Wildman–Crippen MR) is 73.3 cm³/mol. The minimum atomic E-state index is -1.29. The molecule has 0 aliphatic rings. The van der Waals surface area contributed by atoms with Crippen LogP contribution >= 0.6 is 0 Å². The van der Waals surface area contributed by atoms with Gasteiger partial charge in [-0.3, -0.25) is 4.79 Å². The van der Waals surface area contributed by atoms with E-state index in [1.807, 2.05) is 0 Å². The number of hydrogen-bond acceptors (Lipinski definition) is 5. The van der Waals surface area contributed by atoms with Crippen molar-refractivity contribution < 1.29 is 29.3 Å². The molecule has 0 heterocycles. The zero-order chi connectivity index (χ0) is 16.0. The quantitative estimate of drug-likeness (QED) is 0.554. The maximum Gasteiger partial charge on any atom is 0.337 e. The number of aromatic carboxylic acids is 1. The van der Waals surface area contributed by atoms with E-state index < -0.39 is 18.0 Å². The lowest BCUT2D eigenvalue weighted by Gasteiger charge is -2.20. The highest BCUT2D eigenvalue weighted by Crippen LogP contribution is 2.21. The molecule has 0 fully saturated rings. The van der Waals surface area contributed by atoms with E-state index in [1.165, 1.54) is 19.2 Å². The van der Waals surface area contributed by atoms with Gasteiger partial charge in [-0.1, -0.05) is 0 Å². The third kappa shape index (κ3) is 4.37. The molecule has 3 N–H and O–H groups in total. The highest BCUT2D eigenvalue weighted by Gasteiger charge is 2.19. The summed E-state index contributed by atoms with van der Waals surface area (Å²) in [7, 11) is 1.20. The number of phenolic OH excluding ortho intramolecular Hbond substituents is 1. The number of carboxylic acid groups (broad SMARTS) is 1. The van der Waals surface area contributed by atoms with Crippen LogP contribution in [0.15, 0.2) is 18.2 Å². The zero-order valence-electron chi connectivity index (χ0n) is 11.6. The number of nitrogens with zero attached hydrogens (tertiary/aromatic N) is 1. The van der Waals surface area contributed by atoms with Gasteiger partial charge in [-0.25, -0.2) is 9.59 Å². The highest BCUT2D eigenvalue weighted by atomic mass is 16.5. The van der Waals surface area contributed by atoms with Gasteiger partial charge in [0.25, 0.3) is 0 Å². The third-order valence-corrected chi connectivity index (χ3v) is 2.69. The van der Waals surface area contributed by atoms with Gasteiger partial charge in [-0.15, -0.1) is 0 Å². The number of phenols is 1. The number of carbonyl (C=O) groups excluding carboxylic acids is 2. The molecule has 0 radical (unpaired) electrons. The van der Waals surface area contributed by atoms with E-state index in [9.17, 15) is 19.5 Å². The van der Waals surface area contributed by atoms with Crippen molar-refractivity contribution in [1.29, 1.82) is 0 Å². The van der Waals surface area contributed by atoms with E-state index in [1.54, 1.807) is 6.92 Å². The number of esters is 1. The van der Waals surface area contributed by atoms with Crippen molar-refractivity contribution in [2.45, 2.75) is 6.92 Å². The van der Waals surface area contributed by atoms with E-state index in [0.717, 1.165) is 11.0 Å². The molecule has 1 aromatic carbocycles. The van der Waals surface area contributed by atoms with Gasteiger partial charge in [0, 0.05) is 6.54 Å². The second-order valence-corrected chi connectivity index (χ2v) is 4.06. The van der Waals surface area contributed by atoms with Gasteiger partial charge in [0.15, 0.2) is 0 Å². The molecule has 1 aromatic rings. The van der Waals surface area contributed by atoms with Crippen LogP contribution in [-0.2, 0) is 9.53 Å². The lowest BCUT2D eigenvalue weighted by Crippen LogP contribution is -2.39. The second-order valence-electron chi connectivity index (χ2n) is 4.06. The van der Waals surface area contributed by atoms with Gasteiger partial charge in [0.2, 0.25) is 0 Å². The number of aromatic hydroxyl groups is 1. The Morgan fingerprint density at radius 2 is 2.00 bits per heavy atom. The van der Waals surface area contributed by atoms with Crippen molar-refractivity contribution in [1.82, 2.24) is 4.90 Å². The molecular formula is C13H16N2O6. The number of methoxy groups -OCH3 is 1. The number of hydrogen-bond donors (Lipinski definition) is 3. The van der Waals surface area contributed by atoms with E-state index in [-0.39, 0.29) is 30.1 Å². The molecule has 0 unspecified atom stereocenters. The van der Waals surface area contributed by atoms with Crippen LogP contribution in [0.4, 0.5) is 10.5 Å². The lowest BCUT2D eigenvalue weighted by atomic mass is 10.1. The molecule has 2 amide bonds. The Kier molecular flexibility index (Phi) is 5.53. The van der Waals surface area contributed by atoms with Gasteiger partial charge in [-0.2, -0.15) is 0 Å². The zero-order valence-corrected chi connectivity index (χ0v) is 11.6. The van der Waals surface area contributed by atoms with Crippen molar-refractivity contribution >= 4 is 23.7 Å². The first-order valence-corrected chi connectivity index (χ1v) is 6.08. The summed E-state index contributed by atoms with van der Waals surface area (Å²) < 4.78 is 4.47. The summed E-state index contributed by atoms with van der Waals surface area (Å²) in [6.45, 7) is 1.65. The first-order chi connectivity index (χ1) is 9.88. The van der Waals surface area contributed by atoms with E-state index in [4.69, 9.17) is 5.11 Å². The van der Waals surface area contributed by atoms with Crippen LogP contribution in [0, 0.1) is 0 Å². The van der Waals surface area contributed by atoms with Crippen molar-refractivity contribution in [3.63, 3.8) is 0 Å². The molecule has 0 aromatic heterocycles. The fourth-order valence-electron chi connectivity index (χ4n) is 1.56. The standard InChI is InChI=1S/C13H16N2O6/c1-3-15(7-11(17)21-2)13(20)14-10-5-4-8(16)6-9(10)12(18)19/h4-6,16H,3,7H2,1-2H3,(H,14,20)(H,18,19). The molecule has 0 atom stereocenters. The van der Waals surface area contributed by atoms with Crippen LogP contribution in [0.3, 0.4) is 0 Å². The fraction of sp³-hybridized carbons (Fsp3) is 0.308. The van der Waals surface area contributed by atoms with Crippen LogP contribution < -0.4 is 5.32 Å². The maximum absolute atomic E-state index is 12.0. The first kappa shape index (κ1) is 16.3. The summed E-state index contributed by atoms with van der Waals surface area (Å²) >= 11 is 0. The van der Waals surface area contributed by atoms with Gasteiger partial charge >= 0.3 is 18.0 Å². The number of carboxylic acids is 1. The topological polar surface area (TPSA) is 116 Å². The molecular weight excluding hydrogens is 280 g/mol. The van der Waals surface area contributed by atoms with Crippen molar-refractivity contribution in [3.05, 3.63) is 23.8 Å². The lowest BCUT2D eigenvalue weighted by molar-refractivity contribution is -0.141. The number of benzene rings is 1. The van der Waals surface area contributed by atoms with Gasteiger partial charge in [0.1, 0.15) is 12.3 Å². The van der Waals surface area contributed by atoms with Crippen molar-refractivity contribution in [2.24, 2.45) is 0 Å². The summed E-state index contributed by atoms with van der Waals surface area (Å²) in [4.78, 5) is 35.4. The van der Waals surface area contributed by atoms with E-state index in [2.05, 4.69) is 10.1 Å². The van der Waals surface area contributed by atoms with Crippen molar-refractivity contribution in [2.75, 3.05) is 25.5 Å². The monoisotopic (exact) mass is 296 g/mol. The average molecular weight is 296 g/mol. The maximum atomic E-state index is 12.0. The number of rotatable bonds is 5. The predicted octanol–water partition coefficient (Wildman–Crippen LogP) is 1.12. The largest absolute Gasteiger partial charge is 0.508 e. The molecule has 21 heavy (non-hydrogen) atoms. The third-order valence-electron chi connectivity index (χ3n) is 2.69. The number of urea groups is 1. The molecule has 8 heteroatoms.